The SMILES string of the molecule is CCCCCCCCCCCCCCOc1ccc(CC(=O)Nc2ccccc2C[n+]2cc(C)cc(C)c2)cc1Cl. The lowest BCUT2D eigenvalue weighted by Gasteiger charge is -2.11. The second kappa shape index (κ2) is 18.6. The lowest BCUT2D eigenvalue weighted by atomic mass is 10.1. The van der Waals surface area contributed by atoms with Gasteiger partial charge in [0.2, 0.25) is 5.91 Å². The van der Waals surface area contributed by atoms with Crippen molar-refractivity contribution in [1.29, 1.82) is 0 Å². The van der Waals surface area contributed by atoms with Crippen LogP contribution in [0, 0.1) is 13.8 Å². The van der Waals surface area contributed by atoms with E-state index >= 15 is 0 Å². The van der Waals surface area contributed by atoms with Gasteiger partial charge in [-0.2, -0.15) is 0 Å². The number of unbranched alkanes of at least 4 members (excludes halogenated alkanes) is 11. The molecule has 1 N–H and O–H groups in total. The molecule has 0 aliphatic rings. The van der Waals surface area contributed by atoms with Gasteiger partial charge < -0.3 is 10.1 Å². The molecule has 0 atom stereocenters. The average Bonchev–Trinajstić information content (AvgIpc) is 2.93. The Labute approximate surface area is 253 Å². The van der Waals surface area contributed by atoms with E-state index in [1.54, 1.807) is 0 Å². The maximum atomic E-state index is 12.9. The van der Waals surface area contributed by atoms with Gasteiger partial charge in [0.15, 0.2) is 18.9 Å². The maximum absolute atomic E-state index is 12.9. The molecule has 0 radical (unpaired) electrons. The molecule has 0 saturated carbocycles. The number of amides is 1. The first-order chi connectivity index (χ1) is 19.9. The number of rotatable bonds is 19. The van der Waals surface area contributed by atoms with Gasteiger partial charge in [-0.25, -0.2) is 4.57 Å². The first-order valence-electron chi connectivity index (χ1n) is 15.7. The van der Waals surface area contributed by atoms with Gasteiger partial charge in [-0.3, -0.25) is 4.79 Å². The van der Waals surface area contributed by atoms with Gasteiger partial charge in [-0.1, -0.05) is 113 Å². The van der Waals surface area contributed by atoms with Crippen molar-refractivity contribution in [2.75, 3.05) is 11.9 Å². The van der Waals surface area contributed by atoms with Crippen molar-refractivity contribution in [3.8, 4) is 5.75 Å². The Morgan fingerprint density at radius 3 is 2.05 bits per heavy atom. The van der Waals surface area contributed by atoms with Crippen molar-refractivity contribution in [1.82, 2.24) is 0 Å². The molecule has 1 heterocycles. The van der Waals surface area contributed by atoms with E-state index in [0.717, 1.165) is 23.2 Å². The summed E-state index contributed by atoms with van der Waals surface area (Å²) < 4.78 is 8.10. The molecule has 222 valence electrons. The molecule has 0 aliphatic carbocycles. The summed E-state index contributed by atoms with van der Waals surface area (Å²) in [6.07, 6.45) is 20.4. The van der Waals surface area contributed by atoms with Crippen molar-refractivity contribution >= 4 is 23.2 Å². The van der Waals surface area contributed by atoms with Crippen LogP contribution in [0.15, 0.2) is 60.9 Å². The topological polar surface area (TPSA) is 42.2 Å². The average molecular weight is 578 g/mol. The van der Waals surface area contributed by atoms with Crippen LogP contribution < -0.4 is 14.6 Å². The van der Waals surface area contributed by atoms with Crippen LogP contribution >= 0.6 is 11.6 Å². The zero-order valence-corrected chi connectivity index (χ0v) is 26.3. The minimum Gasteiger partial charge on any atom is -0.492 e. The van der Waals surface area contributed by atoms with Crippen LogP contribution in [0.1, 0.15) is 106 Å². The van der Waals surface area contributed by atoms with Gasteiger partial charge in [0.1, 0.15) is 5.75 Å². The number of carbonyl (C=O) groups excluding carboxylic acids is 1. The molecular weight excluding hydrogens is 528 g/mol. The first kappa shape index (κ1) is 32.7. The third-order valence-electron chi connectivity index (χ3n) is 7.46. The summed E-state index contributed by atoms with van der Waals surface area (Å²) in [6.45, 7) is 7.83. The summed E-state index contributed by atoms with van der Waals surface area (Å²) in [5.74, 6) is 0.624. The summed E-state index contributed by atoms with van der Waals surface area (Å²) in [6, 6.07) is 15.8. The van der Waals surface area contributed by atoms with Crippen LogP contribution in [0.3, 0.4) is 0 Å². The molecular formula is C36H50ClN2O2+. The zero-order valence-electron chi connectivity index (χ0n) is 25.5. The highest BCUT2D eigenvalue weighted by Gasteiger charge is 2.13. The summed E-state index contributed by atoms with van der Waals surface area (Å²) >= 11 is 6.51. The molecule has 0 unspecified atom stereocenters. The molecule has 1 aromatic heterocycles. The number of anilines is 1. The molecule has 3 aromatic rings. The van der Waals surface area contributed by atoms with Gasteiger partial charge in [0.25, 0.3) is 0 Å². The molecule has 4 nitrogen and oxygen atoms in total. The Bertz CT molecular complexity index is 1190. The van der Waals surface area contributed by atoms with Crippen LogP contribution in [0.4, 0.5) is 5.69 Å². The van der Waals surface area contributed by atoms with E-state index < -0.39 is 0 Å². The third kappa shape index (κ3) is 12.7. The standard InChI is InChI=1S/C36H49ClN2O2/c1-4-5-6-7-8-9-10-11-12-13-14-17-22-41-35-21-20-31(24-33(35)37)25-36(40)38-34-19-16-15-18-32(34)28-39-26-29(2)23-30(3)27-39/h15-16,18-21,23-24,26-27H,4-14,17,22,25,28H2,1-3H3/p+1. The highest BCUT2D eigenvalue weighted by Crippen LogP contribution is 2.26. The Morgan fingerprint density at radius 2 is 1.41 bits per heavy atom. The number of hydrogen-bond donors (Lipinski definition) is 1. The van der Waals surface area contributed by atoms with Crippen LogP contribution in [-0.4, -0.2) is 12.5 Å². The first-order valence-corrected chi connectivity index (χ1v) is 16.1. The highest BCUT2D eigenvalue weighted by atomic mass is 35.5. The Morgan fingerprint density at radius 1 is 0.805 bits per heavy atom. The number of para-hydroxylation sites is 1. The number of carbonyl (C=O) groups is 1. The smallest absolute Gasteiger partial charge is 0.228 e. The van der Waals surface area contributed by atoms with Gasteiger partial charge in [0, 0.05) is 16.7 Å². The van der Waals surface area contributed by atoms with Crippen LogP contribution in [0.25, 0.3) is 0 Å². The number of benzene rings is 2. The minimum atomic E-state index is -0.0656. The summed E-state index contributed by atoms with van der Waals surface area (Å²) in [7, 11) is 0. The fraction of sp³-hybridized carbons (Fsp3) is 0.500. The van der Waals surface area contributed by atoms with E-state index in [1.165, 1.54) is 81.8 Å². The molecule has 0 fully saturated rings. The van der Waals surface area contributed by atoms with Crippen LogP contribution in [-0.2, 0) is 17.8 Å². The van der Waals surface area contributed by atoms with E-state index in [9.17, 15) is 4.79 Å². The van der Waals surface area contributed by atoms with Gasteiger partial charge >= 0.3 is 0 Å². The van der Waals surface area contributed by atoms with E-state index in [-0.39, 0.29) is 12.3 Å². The minimum absolute atomic E-state index is 0.0656. The second-order valence-electron chi connectivity index (χ2n) is 11.4. The number of nitrogens with one attached hydrogen (secondary N) is 1. The number of ether oxygens (including phenoxy) is 1. The number of aryl methyl sites for hydroxylation is 2. The zero-order chi connectivity index (χ0) is 29.3. The molecule has 5 heteroatoms. The van der Waals surface area contributed by atoms with E-state index in [1.807, 2.05) is 36.4 Å². The predicted octanol–water partition coefficient (Wildman–Crippen LogP) is 9.55. The molecule has 2 aromatic carbocycles. The number of hydrogen-bond acceptors (Lipinski definition) is 2. The number of halogens is 1. The van der Waals surface area contributed by atoms with Gasteiger partial charge in [-0.05, 0) is 50.1 Å². The fourth-order valence-corrected chi connectivity index (χ4v) is 5.60. The Hall–Kier alpha value is -2.85. The van der Waals surface area contributed by atoms with Crippen molar-refractivity contribution in [3.05, 3.63) is 88.2 Å². The maximum Gasteiger partial charge on any atom is 0.228 e. The predicted molar refractivity (Wildman–Crippen MR) is 172 cm³/mol. The molecule has 1 amide bonds. The van der Waals surface area contributed by atoms with Gasteiger partial charge in [0.05, 0.1) is 23.7 Å². The fourth-order valence-electron chi connectivity index (χ4n) is 5.34. The number of nitrogens with zero attached hydrogens (tertiary/aromatic N) is 1. The lowest BCUT2D eigenvalue weighted by Crippen LogP contribution is -2.34. The van der Waals surface area contributed by atoms with Crippen LogP contribution in [0.5, 0.6) is 5.75 Å². The van der Waals surface area contributed by atoms with Crippen molar-refractivity contribution in [3.63, 3.8) is 0 Å². The molecule has 3 rings (SSSR count). The molecule has 0 aliphatic heterocycles. The van der Waals surface area contributed by atoms with Crippen molar-refractivity contribution in [2.45, 2.75) is 111 Å². The quantitative estimate of drug-likeness (QED) is 0.114. The molecule has 41 heavy (non-hydrogen) atoms. The van der Waals surface area contributed by atoms with Crippen LogP contribution in [0.2, 0.25) is 5.02 Å². The van der Waals surface area contributed by atoms with Crippen molar-refractivity contribution in [2.24, 2.45) is 0 Å². The van der Waals surface area contributed by atoms with Gasteiger partial charge in [-0.15, -0.1) is 0 Å². The van der Waals surface area contributed by atoms with E-state index in [2.05, 4.69) is 55.2 Å². The summed E-state index contributed by atoms with van der Waals surface area (Å²) in [5, 5.41) is 3.65. The lowest BCUT2D eigenvalue weighted by molar-refractivity contribution is -0.688. The van der Waals surface area contributed by atoms with E-state index in [0.29, 0.717) is 23.9 Å². The highest BCUT2D eigenvalue weighted by molar-refractivity contribution is 6.32. The monoisotopic (exact) mass is 577 g/mol. The molecule has 0 spiro atoms. The van der Waals surface area contributed by atoms with E-state index in [4.69, 9.17) is 16.3 Å². The third-order valence-corrected chi connectivity index (χ3v) is 7.75. The molecule has 0 saturated heterocycles. The Kier molecular flexibility index (Phi) is 14.8. The largest absolute Gasteiger partial charge is 0.492 e. The second-order valence-corrected chi connectivity index (χ2v) is 11.9. The number of pyridine rings is 1. The Balaban J connectivity index is 1.36. The molecule has 0 bridgehead atoms. The summed E-state index contributed by atoms with van der Waals surface area (Å²) in [4.78, 5) is 12.9. The summed E-state index contributed by atoms with van der Waals surface area (Å²) in [5.41, 5.74) is 5.19. The normalized spacial score (nSPS) is 11.0. The number of aromatic nitrogens is 1. The van der Waals surface area contributed by atoms with Crippen molar-refractivity contribution < 1.29 is 14.1 Å².